The van der Waals surface area contributed by atoms with Crippen LogP contribution < -0.4 is 10.6 Å². The van der Waals surface area contributed by atoms with Gasteiger partial charge >= 0.3 is 0 Å². The number of aliphatic imine (C=N–C) groups is 1. The number of hydrogen-bond acceptors (Lipinski definition) is 4. The molecule has 0 aliphatic heterocycles. The van der Waals surface area contributed by atoms with Crippen LogP contribution in [0.25, 0.3) is 11.4 Å². The third kappa shape index (κ3) is 5.53. The van der Waals surface area contributed by atoms with E-state index in [0.717, 1.165) is 5.56 Å². The summed E-state index contributed by atoms with van der Waals surface area (Å²) in [5.74, 6) is 1.34. The lowest BCUT2D eigenvalue weighted by molar-refractivity contribution is 0.378. The number of halogens is 2. The first-order valence-corrected chi connectivity index (χ1v) is 9.37. The van der Waals surface area contributed by atoms with Crippen molar-refractivity contribution in [3.8, 4) is 11.4 Å². The van der Waals surface area contributed by atoms with Gasteiger partial charge in [-0.15, -0.1) is 0 Å². The Morgan fingerprint density at radius 2 is 2.04 bits per heavy atom. The fourth-order valence-electron chi connectivity index (χ4n) is 2.52. The molecule has 0 saturated carbocycles. The second kappa shape index (κ2) is 9.85. The summed E-state index contributed by atoms with van der Waals surface area (Å²) in [5.41, 5.74) is 1.35. The average Bonchev–Trinajstić information content (AvgIpc) is 3.16. The summed E-state index contributed by atoms with van der Waals surface area (Å²) in [6.07, 6.45) is 0.525. The van der Waals surface area contributed by atoms with Crippen LogP contribution in [0.5, 0.6) is 0 Å². The highest BCUT2D eigenvalue weighted by molar-refractivity contribution is 6.30. The predicted molar refractivity (Wildman–Crippen MR) is 108 cm³/mol. The van der Waals surface area contributed by atoms with Crippen LogP contribution in [-0.4, -0.2) is 29.2 Å². The molecule has 2 aromatic carbocycles. The average molecular weight is 402 g/mol. The number of nitrogens with one attached hydrogen (secondary N) is 2. The Bertz CT molecular complexity index is 944. The lowest BCUT2D eigenvalue weighted by atomic mass is 10.2. The predicted octanol–water partition coefficient (Wildman–Crippen LogP) is 3.83. The quantitative estimate of drug-likeness (QED) is 0.465. The molecule has 0 radical (unpaired) electrons. The smallest absolute Gasteiger partial charge is 0.228 e. The first-order valence-electron chi connectivity index (χ1n) is 9.00. The Balaban J connectivity index is 1.56. The summed E-state index contributed by atoms with van der Waals surface area (Å²) in [6.45, 7) is 3.46. The van der Waals surface area contributed by atoms with Crippen LogP contribution in [0.3, 0.4) is 0 Å². The van der Waals surface area contributed by atoms with Gasteiger partial charge in [-0.25, -0.2) is 9.38 Å². The van der Waals surface area contributed by atoms with Crippen LogP contribution in [0, 0.1) is 5.82 Å². The molecule has 0 amide bonds. The van der Waals surface area contributed by atoms with Gasteiger partial charge in [-0.1, -0.05) is 47.1 Å². The van der Waals surface area contributed by atoms with Gasteiger partial charge in [-0.2, -0.15) is 4.98 Å². The second-order valence-electron chi connectivity index (χ2n) is 5.99. The van der Waals surface area contributed by atoms with Crippen molar-refractivity contribution in [2.45, 2.75) is 19.9 Å². The van der Waals surface area contributed by atoms with E-state index in [4.69, 9.17) is 16.1 Å². The Hall–Kier alpha value is -2.93. The lowest BCUT2D eigenvalue weighted by Crippen LogP contribution is -2.38. The summed E-state index contributed by atoms with van der Waals surface area (Å²) in [4.78, 5) is 8.79. The summed E-state index contributed by atoms with van der Waals surface area (Å²) >= 11 is 5.99. The van der Waals surface area contributed by atoms with E-state index in [1.54, 1.807) is 30.3 Å². The molecule has 0 aliphatic carbocycles. The van der Waals surface area contributed by atoms with Gasteiger partial charge in [0.2, 0.25) is 11.7 Å². The van der Waals surface area contributed by atoms with Crippen LogP contribution in [0.2, 0.25) is 5.02 Å². The lowest BCUT2D eigenvalue weighted by Gasteiger charge is -2.10. The van der Waals surface area contributed by atoms with Crippen molar-refractivity contribution in [2.75, 3.05) is 13.1 Å². The topological polar surface area (TPSA) is 75.3 Å². The number of nitrogens with zero attached hydrogens (tertiary/aromatic N) is 3. The highest BCUT2D eigenvalue weighted by Gasteiger charge is 2.09. The van der Waals surface area contributed by atoms with Gasteiger partial charge in [0.05, 0.1) is 6.54 Å². The molecule has 28 heavy (non-hydrogen) atoms. The minimum Gasteiger partial charge on any atom is -0.357 e. The van der Waals surface area contributed by atoms with E-state index >= 15 is 0 Å². The molecule has 1 aromatic heterocycles. The molecule has 0 spiro atoms. The fraction of sp³-hybridized carbons (Fsp3) is 0.250. The van der Waals surface area contributed by atoms with Crippen molar-refractivity contribution >= 4 is 17.6 Å². The summed E-state index contributed by atoms with van der Waals surface area (Å²) < 4.78 is 19.0. The standard InChI is InChI=1S/C20H21ClFN5O/c1-2-23-20(25-13-15-6-3-4-9-17(15)22)24-11-10-18-26-19(27-28-18)14-7-5-8-16(21)12-14/h3-9,12H,2,10-11,13H2,1H3,(H2,23,24,25). The van der Waals surface area contributed by atoms with E-state index in [1.807, 2.05) is 19.1 Å². The van der Waals surface area contributed by atoms with Crippen LogP contribution in [0.4, 0.5) is 4.39 Å². The van der Waals surface area contributed by atoms with Gasteiger partial charge in [-0.05, 0) is 25.1 Å². The van der Waals surface area contributed by atoms with Crippen LogP contribution in [-0.2, 0) is 13.0 Å². The highest BCUT2D eigenvalue weighted by Crippen LogP contribution is 2.19. The second-order valence-corrected chi connectivity index (χ2v) is 6.42. The minimum absolute atomic E-state index is 0.251. The van der Waals surface area contributed by atoms with Crippen molar-refractivity contribution in [1.29, 1.82) is 0 Å². The molecular formula is C20H21ClFN5O. The summed E-state index contributed by atoms with van der Waals surface area (Å²) in [7, 11) is 0. The van der Waals surface area contributed by atoms with E-state index in [9.17, 15) is 4.39 Å². The van der Waals surface area contributed by atoms with E-state index in [2.05, 4.69) is 25.8 Å². The third-order valence-corrected chi connectivity index (χ3v) is 4.13. The van der Waals surface area contributed by atoms with Crippen molar-refractivity contribution in [3.05, 3.63) is 70.8 Å². The molecule has 146 valence electrons. The van der Waals surface area contributed by atoms with Crippen LogP contribution in [0.15, 0.2) is 58.0 Å². The van der Waals surface area contributed by atoms with E-state index in [-0.39, 0.29) is 12.4 Å². The summed E-state index contributed by atoms with van der Waals surface area (Å²) in [5, 5.41) is 10.9. The Morgan fingerprint density at radius 3 is 2.82 bits per heavy atom. The zero-order valence-electron chi connectivity index (χ0n) is 15.5. The minimum atomic E-state index is -0.262. The van der Waals surface area contributed by atoms with Crippen molar-refractivity contribution < 1.29 is 8.91 Å². The molecule has 8 heteroatoms. The number of aromatic nitrogens is 2. The van der Waals surface area contributed by atoms with E-state index in [0.29, 0.717) is 47.8 Å². The van der Waals surface area contributed by atoms with Gasteiger partial charge in [-0.3, -0.25) is 0 Å². The molecule has 3 aromatic rings. The van der Waals surface area contributed by atoms with Gasteiger partial charge < -0.3 is 15.2 Å². The molecule has 3 rings (SSSR count). The Morgan fingerprint density at radius 1 is 1.18 bits per heavy atom. The molecule has 0 bridgehead atoms. The van der Waals surface area contributed by atoms with Crippen molar-refractivity contribution in [3.63, 3.8) is 0 Å². The van der Waals surface area contributed by atoms with Crippen molar-refractivity contribution in [1.82, 2.24) is 20.8 Å². The monoisotopic (exact) mass is 401 g/mol. The molecule has 0 saturated heterocycles. The summed E-state index contributed by atoms with van der Waals surface area (Å²) in [6, 6.07) is 13.9. The van der Waals surface area contributed by atoms with Gasteiger partial charge in [0.1, 0.15) is 5.82 Å². The maximum Gasteiger partial charge on any atom is 0.228 e. The fourth-order valence-corrected chi connectivity index (χ4v) is 2.71. The van der Waals surface area contributed by atoms with Crippen LogP contribution >= 0.6 is 11.6 Å². The number of rotatable bonds is 7. The Kier molecular flexibility index (Phi) is 6.97. The van der Waals surface area contributed by atoms with E-state index in [1.165, 1.54) is 6.07 Å². The van der Waals surface area contributed by atoms with Crippen molar-refractivity contribution in [2.24, 2.45) is 4.99 Å². The maximum atomic E-state index is 13.7. The SMILES string of the molecule is CCNC(=NCc1ccccc1F)NCCc1nc(-c2cccc(Cl)c2)no1. The Labute approximate surface area is 167 Å². The van der Waals surface area contributed by atoms with Gasteiger partial charge in [0.25, 0.3) is 0 Å². The molecular weight excluding hydrogens is 381 g/mol. The number of hydrogen-bond donors (Lipinski definition) is 2. The number of guanidine groups is 1. The first-order chi connectivity index (χ1) is 13.7. The van der Waals surface area contributed by atoms with E-state index < -0.39 is 0 Å². The molecule has 0 atom stereocenters. The largest absolute Gasteiger partial charge is 0.357 e. The highest BCUT2D eigenvalue weighted by atomic mass is 35.5. The molecule has 6 nitrogen and oxygen atoms in total. The molecule has 0 aliphatic rings. The third-order valence-electron chi connectivity index (χ3n) is 3.89. The number of benzene rings is 2. The molecule has 2 N–H and O–H groups in total. The maximum absolute atomic E-state index is 13.7. The van der Waals surface area contributed by atoms with Crippen LogP contribution in [0.1, 0.15) is 18.4 Å². The molecule has 0 unspecified atom stereocenters. The zero-order chi connectivity index (χ0) is 19.8. The van der Waals surface area contributed by atoms with Gasteiger partial charge in [0, 0.05) is 35.7 Å². The van der Waals surface area contributed by atoms with Gasteiger partial charge in [0.15, 0.2) is 5.96 Å². The molecule has 1 heterocycles. The first kappa shape index (κ1) is 19.8. The zero-order valence-corrected chi connectivity index (χ0v) is 16.2. The molecule has 0 fully saturated rings. The normalized spacial score (nSPS) is 11.5.